The van der Waals surface area contributed by atoms with E-state index in [-0.39, 0.29) is 0 Å². The summed E-state index contributed by atoms with van der Waals surface area (Å²) in [5.41, 5.74) is 2.53. The lowest BCUT2D eigenvalue weighted by atomic mass is 10.1. The summed E-state index contributed by atoms with van der Waals surface area (Å²) >= 11 is 0. The third-order valence-electron chi connectivity index (χ3n) is 2.36. The second-order valence-corrected chi connectivity index (χ2v) is 4.07. The third-order valence-corrected chi connectivity index (χ3v) is 2.36. The van der Waals surface area contributed by atoms with Gasteiger partial charge in [-0.05, 0) is 50.5 Å². The Bertz CT molecular complexity index is 320. The summed E-state index contributed by atoms with van der Waals surface area (Å²) in [5, 5.41) is 3.40. The van der Waals surface area contributed by atoms with Crippen LogP contribution in [0.1, 0.15) is 25.8 Å². The summed E-state index contributed by atoms with van der Waals surface area (Å²) in [6, 6.07) is 6.84. The molecule has 0 saturated heterocycles. The predicted molar refractivity (Wildman–Crippen MR) is 59.0 cm³/mol. The van der Waals surface area contributed by atoms with Crippen molar-refractivity contribution in [1.82, 2.24) is 0 Å². The highest BCUT2D eigenvalue weighted by molar-refractivity contribution is 5.52. The normalized spacial score (nSPS) is 14.8. The molecular weight excluding hydrogens is 174 g/mol. The Balaban J connectivity index is 2.20. The number of fused-ring (bicyclic) bond motifs is 1. The summed E-state index contributed by atoms with van der Waals surface area (Å²) in [5.74, 6) is 1.06. The van der Waals surface area contributed by atoms with Crippen LogP contribution < -0.4 is 10.1 Å². The van der Waals surface area contributed by atoms with E-state index in [0.29, 0.717) is 6.04 Å². The van der Waals surface area contributed by atoms with Crippen molar-refractivity contribution in [1.29, 1.82) is 0 Å². The maximum Gasteiger partial charge on any atom is 0.122 e. The topological polar surface area (TPSA) is 21.3 Å². The van der Waals surface area contributed by atoms with Gasteiger partial charge in [0.1, 0.15) is 5.75 Å². The second-order valence-electron chi connectivity index (χ2n) is 4.07. The van der Waals surface area contributed by atoms with Gasteiger partial charge in [-0.25, -0.2) is 0 Å². The summed E-state index contributed by atoms with van der Waals surface area (Å²) < 4.78 is 5.56. The fourth-order valence-corrected chi connectivity index (χ4v) is 1.78. The summed E-state index contributed by atoms with van der Waals surface area (Å²) in [4.78, 5) is 0. The first-order valence-electron chi connectivity index (χ1n) is 5.28. The molecule has 0 amide bonds. The maximum absolute atomic E-state index is 5.56. The largest absolute Gasteiger partial charge is 0.493 e. The molecule has 0 spiro atoms. The van der Waals surface area contributed by atoms with Gasteiger partial charge in [-0.2, -0.15) is 0 Å². The second kappa shape index (κ2) is 3.91. The molecule has 0 radical (unpaired) electrons. The van der Waals surface area contributed by atoms with Crippen molar-refractivity contribution < 1.29 is 4.74 Å². The van der Waals surface area contributed by atoms with E-state index in [2.05, 4.69) is 37.4 Å². The van der Waals surface area contributed by atoms with Crippen molar-refractivity contribution in [3.05, 3.63) is 23.8 Å². The SMILES string of the molecule is CC(C)Nc1ccc2c(c1)CCCO2. The number of anilines is 1. The minimum Gasteiger partial charge on any atom is -0.493 e. The molecule has 2 heteroatoms. The van der Waals surface area contributed by atoms with Gasteiger partial charge in [-0.1, -0.05) is 0 Å². The van der Waals surface area contributed by atoms with Gasteiger partial charge in [0.05, 0.1) is 6.61 Å². The molecule has 0 unspecified atom stereocenters. The molecule has 0 aliphatic carbocycles. The van der Waals surface area contributed by atoms with E-state index >= 15 is 0 Å². The van der Waals surface area contributed by atoms with Crippen LogP contribution in [-0.2, 0) is 6.42 Å². The number of aryl methyl sites for hydroxylation is 1. The molecule has 0 aromatic heterocycles. The van der Waals surface area contributed by atoms with Gasteiger partial charge in [0, 0.05) is 11.7 Å². The van der Waals surface area contributed by atoms with Crippen molar-refractivity contribution in [2.45, 2.75) is 32.7 Å². The zero-order valence-electron chi connectivity index (χ0n) is 8.84. The Morgan fingerprint density at radius 1 is 1.36 bits per heavy atom. The van der Waals surface area contributed by atoms with E-state index in [9.17, 15) is 0 Å². The third kappa shape index (κ3) is 2.00. The van der Waals surface area contributed by atoms with Gasteiger partial charge < -0.3 is 10.1 Å². The average Bonchev–Trinajstić information content (AvgIpc) is 2.17. The average molecular weight is 191 g/mol. The van der Waals surface area contributed by atoms with E-state index in [1.165, 1.54) is 11.3 Å². The quantitative estimate of drug-likeness (QED) is 0.776. The molecule has 1 aliphatic heterocycles. The first-order chi connectivity index (χ1) is 6.75. The molecule has 0 bridgehead atoms. The lowest BCUT2D eigenvalue weighted by Crippen LogP contribution is -2.12. The highest BCUT2D eigenvalue weighted by Gasteiger charge is 2.10. The van der Waals surface area contributed by atoms with Crippen molar-refractivity contribution in [3.8, 4) is 5.75 Å². The molecule has 0 fully saturated rings. The van der Waals surface area contributed by atoms with Gasteiger partial charge >= 0.3 is 0 Å². The van der Waals surface area contributed by atoms with E-state index in [4.69, 9.17) is 4.74 Å². The zero-order valence-corrected chi connectivity index (χ0v) is 8.84. The number of hydrogen-bond donors (Lipinski definition) is 1. The van der Waals surface area contributed by atoms with E-state index < -0.39 is 0 Å². The number of nitrogens with one attached hydrogen (secondary N) is 1. The molecule has 1 aliphatic rings. The van der Waals surface area contributed by atoms with Crippen LogP contribution in [0.4, 0.5) is 5.69 Å². The molecule has 0 saturated carbocycles. The fraction of sp³-hybridized carbons (Fsp3) is 0.500. The molecule has 14 heavy (non-hydrogen) atoms. The summed E-state index contributed by atoms with van der Waals surface area (Å²) in [7, 11) is 0. The summed E-state index contributed by atoms with van der Waals surface area (Å²) in [6.45, 7) is 5.16. The van der Waals surface area contributed by atoms with Crippen LogP contribution in [0.25, 0.3) is 0 Å². The predicted octanol–water partition coefficient (Wildman–Crippen LogP) is 2.83. The van der Waals surface area contributed by atoms with Crippen LogP contribution in [0.15, 0.2) is 18.2 Å². The monoisotopic (exact) mass is 191 g/mol. The van der Waals surface area contributed by atoms with E-state index in [1.54, 1.807) is 0 Å². The number of benzene rings is 1. The lowest BCUT2D eigenvalue weighted by Gasteiger charge is -2.19. The minimum absolute atomic E-state index is 0.484. The fourth-order valence-electron chi connectivity index (χ4n) is 1.78. The van der Waals surface area contributed by atoms with E-state index in [0.717, 1.165) is 25.2 Å². The van der Waals surface area contributed by atoms with Crippen molar-refractivity contribution in [2.24, 2.45) is 0 Å². The molecule has 2 nitrogen and oxygen atoms in total. The Morgan fingerprint density at radius 3 is 3.00 bits per heavy atom. The highest BCUT2D eigenvalue weighted by atomic mass is 16.5. The molecule has 1 aromatic rings. The van der Waals surface area contributed by atoms with Gasteiger partial charge in [-0.15, -0.1) is 0 Å². The number of hydrogen-bond acceptors (Lipinski definition) is 2. The van der Waals surface area contributed by atoms with Crippen LogP contribution in [0, 0.1) is 0 Å². The Hall–Kier alpha value is -1.18. The first kappa shape index (κ1) is 9.38. The Labute approximate surface area is 85.3 Å². The molecule has 1 N–H and O–H groups in total. The number of rotatable bonds is 2. The molecule has 1 heterocycles. The molecular formula is C12H17NO. The maximum atomic E-state index is 5.56. The summed E-state index contributed by atoms with van der Waals surface area (Å²) in [6.07, 6.45) is 2.28. The first-order valence-corrected chi connectivity index (χ1v) is 5.28. The van der Waals surface area contributed by atoms with Gasteiger partial charge in [0.15, 0.2) is 0 Å². The molecule has 1 aromatic carbocycles. The van der Waals surface area contributed by atoms with Crippen LogP contribution in [0.2, 0.25) is 0 Å². The van der Waals surface area contributed by atoms with Crippen molar-refractivity contribution in [2.75, 3.05) is 11.9 Å². The van der Waals surface area contributed by atoms with Crippen molar-refractivity contribution in [3.63, 3.8) is 0 Å². The van der Waals surface area contributed by atoms with Crippen LogP contribution in [0.5, 0.6) is 5.75 Å². The van der Waals surface area contributed by atoms with Crippen LogP contribution in [0.3, 0.4) is 0 Å². The number of ether oxygens (including phenoxy) is 1. The highest BCUT2D eigenvalue weighted by Crippen LogP contribution is 2.27. The van der Waals surface area contributed by atoms with Gasteiger partial charge in [0.25, 0.3) is 0 Å². The standard InChI is InChI=1S/C12H17NO/c1-9(2)13-11-5-6-12-10(8-11)4-3-7-14-12/h5-6,8-9,13H,3-4,7H2,1-2H3. The smallest absolute Gasteiger partial charge is 0.122 e. The minimum atomic E-state index is 0.484. The van der Waals surface area contributed by atoms with Crippen LogP contribution in [-0.4, -0.2) is 12.6 Å². The van der Waals surface area contributed by atoms with E-state index in [1.807, 2.05) is 0 Å². The zero-order chi connectivity index (χ0) is 9.97. The Kier molecular flexibility index (Phi) is 2.62. The van der Waals surface area contributed by atoms with Gasteiger partial charge in [-0.3, -0.25) is 0 Å². The van der Waals surface area contributed by atoms with Crippen molar-refractivity contribution >= 4 is 5.69 Å². The molecule has 76 valence electrons. The lowest BCUT2D eigenvalue weighted by molar-refractivity contribution is 0.288. The Morgan fingerprint density at radius 2 is 2.21 bits per heavy atom. The van der Waals surface area contributed by atoms with Crippen LogP contribution >= 0.6 is 0 Å². The molecule has 0 atom stereocenters. The van der Waals surface area contributed by atoms with Gasteiger partial charge in [0.2, 0.25) is 0 Å². The molecule has 2 rings (SSSR count).